The molecule has 4 heteroatoms. The summed E-state index contributed by atoms with van der Waals surface area (Å²) in [5.74, 6) is 2.00. The molecule has 1 aromatic heterocycles. The van der Waals surface area contributed by atoms with Crippen molar-refractivity contribution >= 4 is 0 Å². The topological polar surface area (TPSA) is 53.1 Å². The van der Waals surface area contributed by atoms with Gasteiger partial charge in [0.05, 0.1) is 12.8 Å². The Labute approximate surface area is 113 Å². The number of imidazole rings is 1. The fraction of sp³-hybridized carbons (Fsp3) is 0.400. The van der Waals surface area contributed by atoms with Crippen molar-refractivity contribution in [2.75, 3.05) is 7.11 Å². The minimum absolute atomic E-state index is 0.227. The Bertz CT molecular complexity index is 574. The molecule has 0 aliphatic carbocycles. The lowest BCUT2D eigenvalue weighted by Crippen LogP contribution is -2.35. The quantitative estimate of drug-likeness (QED) is 0.898. The molecule has 3 rings (SSSR count). The monoisotopic (exact) mass is 257 g/mol. The first-order valence-electron chi connectivity index (χ1n) is 6.67. The van der Waals surface area contributed by atoms with E-state index in [2.05, 4.69) is 17.7 Å². The molecule has 0 bridgehead atoms. The van der Waals surface area contributed by atoms with Gasteiger partial charge in [0, 0.05) is 30.3 Å². The van der Waals surface area contributed by atoms with Crippen molar-refractivity contribution in [1.82, 2.24) is 9.55 Å². The Morgan fingerprint density at radius 3 is 2.74 bits per heavy atom. The van der Waals surface area contributed by atoms with Gasteiger partial charge in [-0.3, -0.25) is 0 Å². The summed E-state index contributed by atoms with van der Waals surface area (Å²) < 4.78 is 7.39. The maximum atomic E-state index is 6.11. The van der Waals surface area contributed by atoms with Crippen molar-refractivity contribution in [3.63, 3.8) is 0 Å². The van der Waals surface area contributed by atoms with Crippen molar-refractivity contribution in [3.8, 4) is 17.0 Å². The fourth-order valence-corrected chi connectivity index (χ4v) is 2.61. The second-order valence-corrected chi connectivity index (χ2v) is 5.12. The average molecular weight is 257 g/mol. The standard InChI is InChI=1S/C15H19N3O/c1-10-13(16)7-8-15-17-14(9-18(10)15)11-3-5-12(19-2)6-4-11/h3-6,9-10,13H,7-8,16H2,1-2H3. The Morgan fingerprint density at radius 2 is 2.05 bits per heavy atom. The normalized spacial score (nSPS) is 22.1. The van der Waals surface area contributed by atoms with Crippen molar-refractivity contribution < 1.29 is 4.74 Å². The third kappa shape index (κ3) is 2.12. The van der Waals surface area contributed by atoms with Gasteiger partial charge >= 0.3 is 0 Å². The number of hydrogen-bond acceptors (Lipinski definition) is 3. The van der Waals surface area contributed by atoms with Gasteiger partial charge < -0.3 is 15.0 Å². The fourth-order valence-electron chi connectivity index (χ4n) is 2.61. The van der Waals surface area contributed by atoms with Gasteiger partial charge in [-0.1, -0.05) is 0 Å². The Balaban J connectivity index is 1.96. The molecule has 2 heterocycles. The number of aromatic nitrogens is 2. The molecule has 0 spiro atoms. The van der Waals surface area contributed by atoms with Crippen LogP contribution in [0.2, 0.25) is 0 Å². The molecule has 2 unspecified atom stereocenters. The maximum absolute atomic E-state index is 6.11. The molecular formula is C15H19N3O. The van der Waals surface area contributed by atoms with Crippen LogP contribution >= 0.6 is 0 Å². The van der Waals surface area contributed by atoms with Gasteiger partial charge in [-0.05, 0) is 37.6 Å². The van der Waals surface area contributed by atoms with Crippen LogP contribution in [0.3, 0.4) is 0 Å². The highest BCUT2D eigenvalue weighted by atomic mass is 16.5. The molecule has 1 aromatic carbocycles. The lowest BCUT2D eigenvalue weighted by Gasteiger charge is -2.27. The molecule has 1 aliphatic heterocycles. The average Bonchev–Trinajstić information content (AvgIpc) is 2.88. The number of methoxy groups -OCH3 is 1. The molecule has 0 saturated heterocycles. The second kappa shape index (κ2) is 4.70. The Morgan fingerprint density at radius 1 is 1.32 bits per heavy atom. The van der Waals surface area contributed by atoms with Gasteiger partial charge in [0.2, 0.25) is 0 Å². The zero-order valence-electron chi connectivity index (χ0n) is 11.3. The highest BCUT2D eigenvalue weighted by Gasteiger charge is 2.24. The molecular weight excluding hydrogens is 238 g/mol. The summed E-state index contributed by atoms with van der Waals surface area (Å²) in [5, 5.41) is 0. The molecule has 19 heavy (non-hydrogen) atoms. The van der Waals surface area contributed by atoms with E-state index in [9.17, 15) is 0 Å². The van der Waals surface area contributed by atoms with E-state index < -0.39 is 0 Å². The molecule has 0 fully saturated rings. The molecule has 4 nitrogen and oxygen atoms in total. The third-order valence-electron chi connectivity index (χ3n) is 3.95. The molecule has 0 radical (unpaired) electrons. The second-order valence-electron chi connectivity index (χ2n) is 5.12. The van der Waals surface area contributed by atoms with Crippen molar-refractivity contribution in [2.45, 2.75) is 31.8 Å². The predicted octanol–water partition coefficient (Wildman–Crippen LogP) is 2.39. The van der Waals surface area contributed by atoms with Crippen molar-refractivity contribution in [3.05, 3.63) is 36.3 Å². The van der Waals surface area contributed by atoms with Crippen LogP contribution in [-0.4, -0.2) is 22.7 Å². The maximum Gasteiger partial charge on any atom is 0.118 e. The molecule has 0 amide bonds. The minimum Gasteiger partial charge on any atom is -0.497 e. The van der Waals surface area contributed by atoms with Gasteiger partial charge in [-0.15, -0.1) is 0 Å². The van der Waals surface area contributed by atoms with Crippen LogP contribution in [0.1, 0.15) is 25.2 Å². The number of rotatable bonds is 2. The zero-order valence-corrected chi connectivity index (χ0v) is 11.3. The number of benzene rings is 1. The summed E-state index contributed by atoms with van der Waals surface area (Å²) in [4.78, 5) is 4.73. The van der Waals surface area contributed by atoms with E-state index in [-0.39, 0.29) is 6.04 Å². The van der Waals surface area contributed by atoms with E-state index in [0.29, 0.717) is 6.04 Å². The van der Waals surface area contributed by atoms with Crippen LogP contribution in [0.15, 0.2) is 30.5 Å². The Hall–Kier alpha value is -1.81. The van der Waals surface area contributed by atoms with Crippen LogP contribution in [0, 0.1) is 0 Å². The number of ether oxygens (including phenoxy) is 1. The number of fused-ring (bicyclic) bond motifs is 1. The van der Waals surface area contributed by atoms with Crippen LogP contribution in [-0.2, 0) is 6.42 Å². The van der Waals surface area contributed by atoms with Gasteiger partial charge in [0.15, 0.2) is 0 Å². The smallest absolute Gasteiger partial charge is 0.118 e. The van der Waals surface area contributed by atoms with Crippen LogP contribution < -0.4 is 10.5 Å². The first-order chi connectivity index (χ1) is 9.19. The van der Waals surface area contributed by atoms with E-state index in [1.54, 1.807) is 7.11 Å². The van der Waals surface area contributed by atoms with Gasteiger partial charge in [0.1, 0.15) is 11.6 Å². The first-order valence-corrected chi connectivity index (χ1v) is 6.67. The van der Waals surface area contributed by atoms with E-state index >= 15 is 0 Å². The third-order valence-corrected chi connectivity index (χ3v) is 3.95. The number of nitrogens with two attached hydrogens (primary N) is 1. The number of nitrogens with zero attached hydrogens (tertiary/aromatic N) is 2. The SMILES string of the molecule is COc1ccc(-c2cn3c(n2)CCC(N)C3C)cc1. The largest absolute Gasteiger partial charge is 0.497 e. The highest BCUT2D eigenvalue weighted by molar-refractivity contribution is 5.59. The summed E-state index contributed by atoms with van der Waals surface area (Å²) >= 11 is 0. The van der Waals surface area contributed by atoms with Gasteiger partial charge in [-0.25, -0.2) is 4.98 Å². The summed E-state index contributed by atoms with van der Waals surface area (Å²) in [5.41, 5.74) is 8.24. The molecule has 100 valence electrons. The van der Waals surface area contributed by atoms with Crippen LogP contribution in [0.5, 0.6) is 5.75 Å². The van der Waals surface area contributed by atoms with E-state index in [1.807, 2.05) is 24.3 Å². The zero-order chi connectivity index (χ0) is 13.4. The molecule has 2 aromatic rings. The summed E-state index contributed by atoms with van der Waals surface area (Å²) in [6.45, 7) is 2.16. The lowest BCUT2D eigenvalue weighted by atomic mass is 10.0. The van der Waals surface area contributed by atoms with E-state index in [1.165, 1.54) is 0 Å². The van der Waals surface area contributed by atoms with Gasteiger partial charge in [-0.2, -0.15) is 0 Å². The highest BCUT2D eigenvalue weighted by Crippen LogP contribution is 2.28. The summed E-state index contributed by atoms with van der Waals surface area (Å²) in [7, 11) is 1.67. The van der Waals surface area contributed by atoms with Crippen LogP contribution in [0.25, 0.3) is 11.3 Å². The van der Waals surface area contributed by atoms with E-state index in [4.69, 9.17) is 15.5 Å². The first kappa shape index (κ1) is 12.2. The molecule has 2 N–H and O–H groups in total. The van der Waals surface area contributed by atoms with Crippen LogP contribution in [0.4, 0.5) is 0 Å². The lowest BCUT2D eigenvalue weighted by molar-refractivity contribution is 0.368. The summed E-state index contributed by atoms with van der Waals surface area (Å²) in [6.07, 6.45) is 4.09. The predicted molar refractivity (Wildman–Crippen MR) is 75.2 cm³/mol. The van der Waals surface area contributed by atoms with Crippen molar-refractivity contribution in [2.24, 2.45) is 5.73 Å². The van der Waals surface area contributed by atoms with E-state index in [0.717, 1.165) is 35.7 Å². The molecule has 1 aliphatic rings. The van der Waals surface area contributed by atoms with Gasteiger partial charge in [0.25, 0.3) is 0 Å². The number of aryl methyl sites for hydroxylation is 1. The minimum atomic E-state index is 0.227. The molecule has 2 atom stereocenters. The number of hydrogen-bond donors (Lipinski definition) is 1. The summed E-state index contributed by atoms with van der Waals surface area (Å²) in [6, 6.07) is 8.55. The molecule has 0 saturated carbocycles. The Kier molecular flexibility index (Phi) is 3.03. The van der Waals surface area contributed by atoms with Crippen molar-refractivity contribution in [1.29, 1.82) is 0 Å².